The van der Waals surface area contributed by atoms with Gasteiger partial charge in [0.05, 0.1) is 0 Å². The molecule has 0 amide bonds. The molecule has 0 saturated heterocycles. The molecule has 115 radical (unpaired) electrons. The maximum atomic E-state index is 0. The molecule has 0 aromatic rings. The summed E-state index contributed by atoms with van der Waals surface area (Å²) in [5.41, 5.74) is 0. The SMILES string of the molecule is [V].[V].[V].[V].[V].[V].[V].[V].[V].[V].[V].[V].[V].[V].[V].[V].[V].[V].[V].[V].[V].[V].[V].[V].[V].[V].[V].[V].[V].[V].[V].[V].[V].[V].[V].[V].[V].[V].[V].[V].[V].[V].[V].[V].[V].[V].[V].[V].[V].[V].[V].[V].[V].[V].[V].[V].[V].[V].[V].[V].[V].[V].[V].[V].[V].[V].[V].[V].[V].[V].[V].[V].[V].[V].[V].[V].[V].[V].[V].[V].[V].[V].[V].[V].[V].[V].[V].[V].[V].[V].[V].[V].[V].[V].[V].[V].[V].[V].[V].[V].[V].[V].[V].[V].[V].[V].[V].[V].[V].[V].[V].[V].[V].[V].[V]. The maximum Gasteiger partial charge on any atom is 0 e. The van der Waals surface area contributed by atoms with Crippen LogP contribution in [0.1, 0.15) is 0 Å². The van der Waals surface area contributed by atoms with Crippen LogP contribution in [0.5, 0.6) is 0 Å². The summed E-state index contributed by atoms with van der Waals surface area (Å²) in [7, 11) is 0. The van der Waals surface area contributed by atoms with Crippen molar-refractivity contribution in [3.63, 3.8) is 0 Å². The topological polar surface area (TPSA) is 0 Å². The van der Waals surface area contributed by atoms with E-state index < -0.39 is 0 Å². The van der Waals surface area contributed by atoms with E-state index in [9.17, 15) is 0 Å². The largest absolute Gasteiger partial charge is 0 e. The third-order valence-electron chi connectivity index (χ3n) is 0. The first-order chi connectivity index (χ1) is 0. The van der Waals surface area contributed by atoms with Gasteiger partial charge in [-0.05, 0) is 0 Å². The first-order valence-corrected chi connectivity index (χ1v) is 0. The Morgan fingerprint density at radius 2 is 0.00870 bits per heavy atom. The Hall–Kier alpha value is 67.2. The van der Waals surface area contributed by atoms with Gasteiger partial charge >= 0.3 is 0 Å². The molecule has 0 nitrogen and oxygen atoms in total. The summed E-state index contributed by atoms with van der Waals surface area (Å²) in [6.45, 7) is 0. The molecule has 0 unspecified atom stereocenters. The third-order valence-corrected chi connectivity index (χ3v) is 0. The molecule has 0 bridgehead atoms. The fourth-order valence-electron chi connectivity index (χ4n) is 0. The first kappa shape index (κ1) is 1320. The van der Waals surface area contributed by atoms with Gasteiger partial charge in [0, 0.05) is 2130 Å². The quantitative estimate of drug-likeness (QED) is 0.314. The molecular formula is V115. The molecule has 0 saturated carbocycles. The first-order valence-electron chi connectivity index (χ1n) is 0. The Balaban J connectivity index is 0. The van der Waals surface area contributed by atoms with Crippen molar-refractivity contribution < 1.29 is 2130 Å². The Bertz CT molecular complexity index is 0. The van der Waals surface area contributed by atoms with Crippen molar-refractivity contribution in [2.24, 2.45) is 0 Å². The number of rotatable bonds is 0. The van der Waals surface area contributed by atoms with Gasteiger partial charge in [0.25, 0.3) is 0 Å². The molecule has 0 aliphatic heterocycles. The third kappa shape index (κ3) is 1290. The molecule has 0 rings (SSSR count). The monoisotopic (exact) mass is 5860 g/mol. The van der Waals surface area contributed by atoms with E-state index in [0.717, 1.165) is 0 Å². The molecular weight excluding hydrogens is 5860 g/mol. The molecule has 115 heteroatoms. The second-order valence-electron chi connectivity index (χ2n) is 0. The normalized spacial score (nSPS) is 0. The standard InChI is InChI=1S/115V. The molecule has 0 aliphatic rings. The van der Waals surface area contributed by atoms with Crippen LogP contribution in [-0.4, -0.2) is 0 Å². The molecule has 0 heterocycles. The average Bonchev–Trinajstić information content (AvgIpc) is 0. The molecule has 0 atom stereocenters. The van der Waals surface area contributed by atoms with Gasteiger partial charge in [-0.15, -0.1) is 0 Å². The van der Waals surface area contributed by atoms with Crippen molar-refractivity contribution in [2.75, 3.05) is 0 Å². The molecule has 0 N–H and O–H groups in total. The Labute approximate surface area is 2070 Å². The van der Waals surface area contributed by atoms with Gasteiger partial charge in [0.2, 0.25) is 0 Å². The smallest absolute Gasteiger partial charge is 0 e. The number of hydrogen-bond acceptors (Lipinski definition) is 0. The van der Waals surface area contributed by atoms with Gasteiger partial charge in [-0.2, -0.15) is 0 Å². The van der Waals surface area contributed by atoms with Crippen LogP contribution in [0.3, 0.4) is 0 Å². The Kier molecular flexibility index (Phi) is 15000. The van der Waals surface area contributed by atoms with Crippen molar-refractivity contribution in [1.82, 2.24) is 0 Å². The van der Waals surface area contributed by atoms with Gasteiger partial charge in [-0.3, -0.25) is 0 Å². The molecule has 0 aromatic heterocycles. The van der Waals surface area contributed by atoms with Crippen LogP contribution < -0.4 is 0 Å². The zero-order chi connectivity index (χ0) is 0. The van der Waals surface area contributed by atoms with E-state index in [1.54, 1.807) is 0 Å². The van der Waals surface area contributed by atoms with Crippen LogP contribution in [-0.2, 0) is 2130 Å². The Morgan fingerprint density at radius 3 is 0.00870 bits per heavy atom. The molecule has 115 heavy (non-hydrogen) atoms. The minimum atomic E-state index is 0. The van der Waals surface area contributed by atoms with Gasteiger partial charge in [-0.25, -0.2) is 0 Å². The van der Waals surface area contributed by atoms with Crippen molar-refractivity contribution >= 4 is 0 Å². The zero-order valence-corrected chi connectivity index (χ0v) is 212. The van der Waals surface area contributed by atoms with Crippen LogP contribution in [0.25, 0.3) is 0 Å². The number of hydrogen-bond donors (Lipinski definition) is 0. The summed E-state index contributed by atoms with van der Waals surface area (Å²) in [4.78, 5) is 0. The van der Waals surface area contributed by atoms with Gasteiger partial charge in [0.1, 0.15) is 0 Å². The van der Waals surface area contributed by atoms with E-state index >= 15 is 0 Å². The summed E-state index contributed by atoms with van der Waals surface area (Å²) in [5.74, 6) is 0. The molecule has 0 aromatic carbocycles. The van der Waals surface area contributed by atoms with Crippen molar-refractivity contribution in [3.8, 4) is 0 Å². The van der Waals surface area contributed by atoms with E-state index in [0.29, 0.717) is 0 Å². The summed E-state index contributed by atoms with van der Waals surface area (Å²) in [6, 6.07) is 0. The Morgan fingerprint density at radius 1 is 0.00870 bits per heavy atom. The van der Waals surface area contributed by atoms with E-state index in [-0.39, 0.29) is 2130 Å². The van der Waals surface area contributed by atoms with Gasteiger partial charge in [0.15, 0.2) is 0 Å². The van der Waals surface area contributed by atoms with Gasteiger partial charge < -0.3 is 0 Å². The zero-order valence-electron chi connectivity index (χ0n) is 51.4. The van der Waals surface area contributed by atoms with Crippen LogP contribution in [0.2, 0.25) is 0 Å². The fraction of sp³-hybridized carbons (Fsp3) is 0. The minimum Gasteiger partial charge on any atom is 0 e. The summed E-state index contributed by atoms with van der Waals surface area (Å²) in [5, 5.41) is 0. The van der Waals surface area contributed by atoms with E-state index in [2.05, 4.69) is 0 Å². The summed E-state index contributed by atoms with van der Waals surface area (Å²) in [6.07, 6.45) is 0. The average molecular weight is 5860 g/mol. The molecule has 0 spiro atoms. The minimum absolute atomic E-state index is 0. The predicted octanol–water partition coefficient (Wildman–Crippen LogP) is -0.288. The van der Waals surface area contributed by atoms with Crippen LogP contribution in [0.15, 0.2) is 0 Å². The van der Waals surface area contributed by atoms with E-state index in [1.165, 1.54) is 0 Å². The van der Waals surface area contributed by atoms with Crippen LogP contribution in [0.4, 0.5) is 0 Å². The second kappa shape index (κ2) is 1300. The summed E-state index contributed by atoms with van der Waals surface area (Å²) < 4.78 is 0. The fourth-order valence-corrected chi connectivity index (χ4v) is 0. The van der Waals surface area contributed by atoms with E-state index in [4.69, 9.17) is 0 Å². The van der Waals surface area contributed by atoms with Crippen LogP contribution >= 0.6 is 0 Å². The van der Waals surface area contributed by atoms with E-state index in [1.807, 2.05) is 0 Å². The molecule has 0 aliphatic carbocycles. The van der Waals surface area contributed by atoms with Crippen molar-refractivity contribution in [1.29, 1.82) is 0 Å². The summed E-state index contributed by atoms with van der Waals surface area (Å²) >= 11 is 0. The van der Waals surface area contributed by atoms with Crippen molar-refractivity contribution in [2.45, 2.75) is 0 Å². The molecule has 0 fully saturated rings. The predicted molar refractivity (Wildman–Crippen MR) is 0 cm³/mol. The van der Waals surface area contributed by atoms with Gasteiger partial charge in [-0.1, -0.05) is 0 Å². The second-order valence-corrected chi connectivity index (χ2v) is 0. The maximum absolute atomic E-state index is 0. The van der Waals surface area contributed by atoms with Crippen LogP contribution in [0, 0.1) is 0 Å². The molecule has 575 valence electrons. The van der Waals surface area contributed by atoms with Crippen molar-refractivity contribution in [3.05, 3.63) is 0 Å².